The number of carboxylic acids is 1. The van der Waals surface area contributed by atoms with E-state index in [0.717, 1.165) is 28.5 Å². The maximum atomic E-state index is 11.0. The SMILES string of the molecule is O=C(O)c1cc(Sc2ccc(Br)cn2)ncc1[N+](=O)[O-]. The Hall–Kier alpha value is -2.00. The first-order valence-electron chi connectivity index (χ1n) is 5.14. The van der Waals surface area contributed by atoms with Crippen molar-refractivity contribution < 1.29 is 14.8 Å². The van der Waals surface area contributed by atoms with Crippen LogP contribution in [-0.4, -0.2) is 26.0 Å². The summed E-state index contributed by atoms with van der Waals surface area (Å²) in [7, 11) is 0. The van der Waals surface area contributed by atoms with E-state index < -0.39 is 22.1 Å². The van der Waals surface area contributed by atoms with Gasteiger partial charge in [0.25, 0.3) is 0 Å². The molecule has 0 aliphatic rings. The number of rotatable bonds is 4. The molecule has 0 bridgehead atoms. The predicted molar refractivity (Wildman–Crippen MR) is 73.9 cm³/mol. The van der Waals surface area contributed by atoms with Gasteiger partial charge in [0.1, 0.15) is 21.8 Å². The molecule has 9 heteroatoms. The summed E-state index contributed by atoms with van der Waals surface area (Å²) in [5, 5.41) is 20.6. The van der Waals surface area contributed by atoms with Crippen molar-refractivity contribution in [3.05, 3.63) is 50.7 Å². The van der Waals surface area contributed by atoms with Crippen LogP contribution in [-0.2, 0) is 0 Å². The topological polar surface area (TPSA) is 106 Å². The third-order valence-electron chi connectivity index (χ3n) is 2.19. The summed E-state index contributed by atoms with van der Waals surface area (Å²) < 4.78 is 0.810. The zero-order chi connectivity index (χ0) is 14.7. The molecule has 7 nitrogen and oxygen atoms in total. The van der Waals surface area contributed by atoms with E-state index in [9.17, 15) is 14.9 Å². The highest BCUT2D eigenvalue weighted by molar-refractivity contribution is 9.10. The minimum absolute atomic E-state index is 0.322. The fraction of sp³-hybridized carbons (Fsp3) is 0. The number of halogens is 1. The van der Waals surface area contributed by atoms with Crippen molar-refractivity contribution in [2.45, 2.75) is 10.1 Å². The lowest BCUT2D eigenvalue weighted by Crippen LogP contribution is -2.03. The van der Waals surface area contributed by atoms with E-state index in [0.29, 0.717) is 10.1 Å². The quantitative estimate of drug-likeness (QED) is 0.663. The Kier molecular flexibility index (Phi) is 4.30. The molecule has 2 rings (SSSR count). The van der Waals surface area contributed by atoms with E-state index >= 15 is 0 Å². The summed E-state index contributed by atoms with van der Waals surface area (Å²) in [6.07, 6.45) is 2.52. The minimum Gasteiger partial charge on any atom is -0.477 e. The monoisotopic (exact) mass is 355 g/mol. The van der Waals surface area contributed by atoms with E-state index in [1.165, 1.54) is 0 Å². The van der Waals surface area contributed by atoms with Gasteiger partial charge in [-0.2, -0.15) is 0 Å². The molecule has 0 aromatic carbocycles. The van der Waals surface area contributed by atoms with E-state index in [4.69, 9.17) is 5.11 Å². The van der Waals surface area contributed by atoms with Crippen LogP contribution < -0.4 is 0 Å². The molecular weight excluding hydrogens is 350 g/mol. The Labute approximate surface area is 125 Å². The molecular formula is C11H6BrN3O4S. The normalized spacial score (nSPS) is 10.2. The van der Waals surface area contributed by atoms with E-state index in [1.54, 1.807) is 18.3 Å². The lowest BCUT2D eigenvalue weighted by Gasteiger charge is -2.02. The van der Waals surface area contributed by atoms with Crippen LogP contribution >= 0.6 is 27.7 Å². The second-order valence-electron chi connectivity index (χ2n) is 3.52. The first-order chi connectivity index (χ1) is 9.47. The third kappa shape index (κ3) is 3.31. The van der Waals surface area contributed by atoms with Gasteiger partial charge in [0.15, 0.2) is 0 Å². The van der Waals surface area contributed by atoms with E-state index in [2.05, 4.69) is 25.9 Å². The average Bonchev–Trinajstić information content (AvgIpc) is 2.41. The highest BCUT2D eigenvalue weighted by atomic mass is 79.9. The molecule has 1 N–H and O–H groups in total. The van der Waals surface area contributed by atoms with Gasteiger partial charge in [-0.1, -0.05) is 11.8 Å². The molecule has 2 heterocycles. The van der Waals surface area contributed by atoms with Crippen molar-refractivity contribution >= 4 is 39.3 Å². The number of carbonyl (C=O) groups is 1. The molecule has 0 radical (unpaired) electrons. The van der Waals surface area contributed by atoms with Crippen LogP contribution in [0.5, 0.6) is 0 Å². The number of pyridine rings is 2. The molecule has 0 atom stereocenters. The Morgan fingerprint density at radius 3 is 2.55 bits per heavy atom. The fourth-order valence-corrected chi connectivity index (χ4v) is 2.30. The fourth-order valence-electron chi connectivity index (χ4n) is 1.33. The highest BCUT2D eigenvalue weighted by Gasteiger charge is 2.21. The van der Waals surface area contributed by atoms with Crippen molar-refractivity contribution in [1.29, 1.82) is 0 Å². The van der Waals surface area contributed by atoms with Crippen molar-refractivity contribution in [2.75, 3.05) is 0 Å². The number of aromatic nitrogens is 2. The number of nitrogens with zero attached hydrogens (tertiary/aromatic N) is 3. The smallest absolute Gasteiger partial charge is 0.342 e. The number of aromatic carboxylic acids is 1. The van der Waals surface area contributed by atoms with Gasteiger partial charge >= 0.3 is 11.7 Å². The summed E-state index contributed by atoms with van der Waals surface area (Å²) in [4.78, 5) is 28.9. The molecule has 0 aliphatic heterocycles. The van der Waals surface area contributed by atoms with Crippen LogP contribution in [0.15, 0.2) is 45.1 Å². The summed E-state index contributed by atoms with van der Waals surface area (Å²) in [5.74, 6) is -1.37. The molecule has 102 valence electrons. The Balaban J connectivity index is 2.34. The zero-order valence-electron chi connectivity index (χ0n) is 9.69. The van der Waals surface area contributed by atoms with Crippen LogP contribution in [0.4, 0.5) is 5.69 Å². The second-order valence-corrected chi connectivity index (χ2v) is 5.48. The summed E-state index contributed by atoms with van der Waals surface area (Å²) in [5.41, 5.74) is -0.935. The largest absolute Gasteiger partial charge is 0.477 e. The van der Waals surface area contributed by atoms with Crippen LogP contribution in [0.2, 0.25) is 0 Å². The number of carboxylic acid groups (broad SMARTS) is 1. The van der Waals surface area contributed by atoms with Crippen molar-refractivity contribution in [3.63, 3.8) is 0 Å². The van der Waals surface area contributed by atoms with Gasteiger partial charge in [0, 0.05) is 10.7 Å². The standard InChI is InChI=1S/C11H6BrN3O4S/c12-6-1-2-9(13-4-6)20-10-3-7(11(16)17)8(5-14-10)15(18)19/h1-5H,(H,16,17). The Morgan fingerprint density at radius 2 is 2.00 bits per heavy atom. The molecule has 0 fully saturated rings. The number of hydrogen-bond donors (Lipinski definition) is 1. The van der Waals surface area contributed by atoms with Crippen molar-refractivity contribution in [1.82, 2.24) is 9.97 Å². The van der Waals surface area contributed by atoms with Crippen molar-refractivity contribution in [2.24, 2.45) is 0 Å². The molecule has 20 heavy (non-hydrogen) atoms. The minimum atomic E-state index is -1.37. The lowest BCUT2D eigenvalue weighted by molar-refractivity contribution is -0.385. The van der Waals surface area contributed by atoms with Crippen molar-refractivity contribution in [3.8, 4) is 0 Å². The molecule has 0 saturated carbocycles. The van der Waals surface area contributed by atoms with Gasteiger partial charge in [-0.25, -0.2) is 14.8 Å². The highest BCUT2D eigenvalue weighted by Crippen LogP contribution is 2.28. The third-order valence-corrected chi connectivity index (χ3v) is 3.55. The Morgan fingerprint density at radius 1 is 1.30 bits per heavy atom. The molecule has 2 aromatic rings. The van der Waals surface area contributed by atoms with Crippen LogP contribution in [0.3, 0.4) is 0 Å². The Bertz CT molecular complexity index is 678. The molecule has 0 amide bonds. The van der Waals surface area contributed by atoms with Gasteiger partial charge in [0.2, 0.25) is 0 Å². The summed E-state index contributed by atoms with van der Waals surface area (Å²) >= 11 is 4.37. The predicted octanol–water partition coefficient (Wildman–Crippen LogP) is 3.00. The van der Waals surface area contributed by atoms with Gasteiger partial charge in [0.05, 0.1) is 4.92 Å². The zero-order valence-corrected chi connectivity index (χ0v) is 12.1. The van der Waals surface area contributed by atoms with Gasteiger partial charge in [-0.05, 0) is 34.1 Å². The molecule has 0 spiro atoms. The van der Waals surface area contributed by atoms with Gasteiger partial charge in [-0.3, -0.25) is 10.1 Å². The first-order valence-corrected chi connectivity index (χ1v) is 6.75. The number of nitro groups is 1. The van der Waals surface area contributed by atoms with Crippen LogP contribution in [0.1, 0.15) is 10.4 Å². The summed E-state index contributed by atoms with van der Waals surface area (Å²) in [6, 6.07) is 4.66. The number of hydrogen-bond acceptors (Lipinski definition) is 6. The summed E-state index contributed by atoms with van der Waals surface area (Å²) in [6.45, 7) is 0. The molecule has 2 aromatic heterocycles. The van der Waals surface area contributed by atoms with E-state index in [-0.39, 0.29) is 0 Å². The van der Waals surface area contributed by atoms with Gasteiger partial charge in [-0.15, -0.1) is 0 Å². The average molecular weight is 356 g/mol. The second kappa shape index (κ2) is 5.97. The molecule has 0 saturated heterocycles. The lowest BCUT2D eigenvalue weighted by atomic mass is 10.2. The van der Waals surface area contributed by atoms with Crippen LogP contribution in [0, 0.1) is 10.1 Å². The van der Waals surface area contributed by atoms with Crippen LogP contribution in [0.25, 0.3) is 0 Å². The van der Waals surface area contributed by atoms with E-state index in [1.807, 2.05) is 0 Å². The molecule has 0 unspecified atom stereocenters. The maximum Gasteiger partial charge on any atom is 0.342 e. The van der Waals surface area contributed by atoms with Gasteiger partial charge < -0.3 is 5.11 Å². The maximum absolute atomic E-state index is 11.0. The first kappa shape index (κ1) is 14.4. The molecule has 0 aliphatic carbocycles.